The van der Waals surface area contributed by atoms with Crippen LogP contribution in [-0.4, -0.2) is 57.8 Å². The summed E-state index contributed by atoms with van der Waals surface area (Å²) in [6.07, 6.45) is 2.35. The van der Waals surface area contributed by atoms with Crippen LogP contribution >= 0.6 is 0 Å². The number of carbonyl (C=O) groups is 1. The zero-order chi connectivity index (χ0) is 14.8. The number of amides is 1. The molecule has 0 aromatic rings. The minimum Gasteiger partial charge on any atom is -0.491 e. The molecule has 0 radical (unpaired) electrons. The van der Waals surface area contributed by atoms with Gasteiger partial charge in [-0.05, 0) is 19.8 Å². The third-order valence-corrected chi connectivity index (χ3v) is 4.09. The average molecular weight is 304 g/mol. The monoisotopic (exact) mass is 304 g/mol. The summed E-state index contributed by atoms with van der Waals surface area (Å²) in [5.41, 5.74) is 0. The highest BCUT2D eigenvalue weighted by Gasteiger charge is 2.29. The van der Waals surface area contributed by atoms with Crippen LogP contribution in [0.3, 0.4) is 0 Å². The van der Waals surface area contributed by atoms with E-state index in [0.717, 1.165) is 6.26 Å². The quantitative estimate of drug-likeness (QED) is 0.781. The second-order valence-electron chi connectivity index (χ2n) is 5.04. The number of carbonyl (C=O) groups excluding carboxylic acids is 1. The Balaban J connectivity index is 1.92. The van der Waals surface area contributed by atoms with Crippen LogP contribution in [-0.2, 0) is 24.3 Å². The van der Waals surface area contributed by atoms with Gasteiger partial charge in [-0.25, -0.2) is 13.1 Å². The molecule has 20 heavy (non-hydrogen) atoms. The van der Waals surface area contributed by atoms with Crippen molar-refractivity contribution in [1.29, 1.82) is 0 Å². The van der Waals surface area contributed by atoms with Gasteiger partial charge in [0.25, 0.3) is 5.91 Å². The number of rotatable bonds is 3. The van der Waals surface area contributed by atoms with Gasteiger partial charge in [0, 0.05) is 19.1 Å². The molecule has 8 heteroatoms. The maximum Gasteiger partial charge on any atom is 0.292 e. The van der Waals surface area contributed by atoms with Crippen LogP contribution in [0.2, 0.25) is 0 Å². The molecular formula is C12H20N2O5S. The number of sulfonamides is 1. The van der Waals surface area contributed by atoms with Crippen molar-refractivity contribution in [3.8, 4) is 0 Å². The standard InChI is InChI=1S/C12H20N2O5S/c1-9-11(19-8-7-18-9)12(15)14-5-3-10(4-6-14)13-20(2,16)17/h10,13H,3-8H2,1-2H3. The summed E-state index contributed by atoms with van der Waals surface area (Å²) in [6.45, 7) is 3.57. The molecule has 2 rings (SSSR count). The Labute approximate surface area is 119 Å². The molecule has 0 aromatic heterocycles. The Morgan fingerprint density at radius 1 is 1.25 bits per heavy atom. The van der Waals surface area contributed by atoms with E-state index in [-0.39, 0.29) is 17.7 Å². The summed E-state index contributed by atoms with van der Waals surface area (Å²) in [6, 6.07) is -0.104. The smallest absolute Gasteiger partial charge is 0.292 e. The Bertz CT molecular complexity index is 506. The van der Waals surface area contributed by atoms with E-state index >= 15 is 0 Å². The normalized spacial score (nSPS) is 21.4. The summed E-state index contributed by atoms with van der Waals surface area (Å²) < 4.78 is 35.6. The molecule has 2 aliphatic rings. The van der Waals surface area contributed by atoms with Crippen molar-refractivity contribution in [3.63, 3.8) is 0 Å². The molecule has 0 spiro atoms. The van der Waals surface area contributed by atoms with Crippen LogP contribution in [0.5, 0.6) is 0 Å². The molecule has 114 valence electrons. The molecule has 0 bridgehead atoms. The van der Waals surface area contributed by atoms with E-state index in [1.807, 2.05) is 0 Å². The molecule has 0 unspecified atom stereocenters. The van der Waals surface area contributed by atoms with Gasteiger partial charge in [-0.15, -0.1) is 0 Å². The predicted octanol–water partition coefficient (Wildman–Crippen LogP) is -0.195. The van der Waals surface area contributed by atoms with Gasteiger partial charge in [0.05, 0.1) is 6.26 Å². The lowest BCUT2D eigenvalue weighted by Gasteiger charge is -2.33. The number of nitrogens with one attached hydrogen (secondary N) is 1. The molecule has 1 N–H and O–H groups in total. The molecule has 0 aromatic carbocycles. The lowest BCUT2D eigenvalue weighted by Crippen LogP contribution is -2.47. The maximum atomic E-state index is 12.3. The van der Waals surface area contributed by atoms with Gasteiger partial charge in [-0.2, -0.15) is 0 Å². The van der Waals surface area contributed by atoms with Crippen LogP contribution < -0.4 is 4.72 Å². The Hall–Kier alpha value is -1.28. The number of allylic oxidation sites excluding steroid dienone is 1. The van der Waals surface area contributed by atoms with Crippen LogP contribution in [0.25, 0.3) is 0 Å². The summed E-state index contributed by atoms with van der Waals surface area (Å²) in [5.74, 6) is 0.600. The SMILES string of the molecule is CC1=C(C(=O)N2CCC(NS(C)(=O)=O)CC2)OCCO1. The van der Waals surface area contributed by atoms with Gasteiger partial charge in [0.15, 0.2) is 0 Å². The topological polar surface area (TPSA) is 84.9 Å². The van der Waals surface area contributed by atoms with Crippen molar-refractivity contribution in [2.24, 2.45) is 0 Å². The highest BCUT2D eigenvalue weighted by Crippen LogP contribution is 2.19. The zero-order valence-electron chi connectivity index (χ0n) is 11.7. The summed E-state index contributed by atoms with van der Waals surface area (Å²) in [5, 5.41) is 0. The Morgan fingerprint density at radius 3 is 2.40 bits per heavy atom. The average Bonchev–Trinajstić information content (AvgIpc) is 2.37. The van der Waals surface area contributed by atoms with Gasteiger partial charge >= 0.3 is 0 Å². The number of hydrogen-bond donors (Lipinski definition) is 1. The van der Waals surface area contributed by atoms with Gasteiger partial charge < -0.3 is 14.4 Å². The van der Waals surface area contributed by atoms with E-state index in [4.69, 9.17) is 9.47 Å². The molecule has 1 amide bonds. The number of nitrogens with zero attached hydrogens (tertiary/aromatic N) is 1. The number of ether oxygens (including phenoxy) is 2. The van der Waals surface area contributed by atoms with Crippen LogP contribution in [0, 0.1) is 0 Å². The molecule has 1 fully saturated rings. The lowest BCUT2D eigenvalue weighted by atomic mass is 10.1. The molecule has 2 heterocycles. The first-order valence-electron chi connectivity index (χ1n) is 6.60. The minimum absolute atomic E-state index is 0.104. The molecule has 2 aliphatic heterocycles. The lowest BCUT2D eigenvalue weighted by molar-refractivity contribution is -0.133. The van der Waals surface area contributed by atoms with Gasteiger partial charge in [-0.3, -0.25) is 4.79 Å². The van der Waals surface area contributed by atoms with E-state index in [0.29, 0.717) is 44.9 Å². The first kappa shape index (κ1) is 15.1. The minimum atomic E-state index is -3.20. The van der Waals surface area contributed by atoms with Gasteiger partial charge in [0.2, 0.25) is 15.8 Å². The molecule has 1 saturated heterocycles. The van der Waals surface area contributed by atoms with Crippen molar-refractivity contribution >= 4 is 15.9 Å². The second kappa shape index (κ2) is 6.01. The fraction of sp³-hybridized carbons (Fsp3) is 0.750. The molecule has 0 atom stereocenters. The first-order valence-corrected chi connectivity index (χ1v) is 8.49. The highest BCUT2D eigenvalue weighted by atomic mass is 32.2. The number of piperidine rings is 1. The molecular weight excluding hydrogens is 284 g/mol. The maximum absolute atomic E-state index is 12.3. The Kier molecular flexibility index (Phi) is 4.54. The molecule has 0 saturated carbocycles. The number of hydrogen-bond acceptors (Lipinski definition) is 5. The van der Waals surface area contributed by atoms with Crippen molar-refractivity contribution in [1.82, 2.24) is 9.62 Å². The van der Waals surface area contributed by atoms with E-state index in [9.17, 15) is 13.2 Å². The first-order chi connectivity index (χ1) is 9.37. The summed E-state index contributed by atoms with van der Waals surface area (Å²) in [4.78, 5) is 14.0. The van der Waals surface area contributed by atoms with Crippen LogP contribution in [0.4, 0.5) is 0 Å². The highest BCUT2D eigenvalue weighted by molar-refractivity contribution is 7.88. The van der Waals surface area contributed by atoms with E-state index in [2.05, 4.69) is 4.72 Å². The Morgan fingerprint density at radius 2 is 1.85 bits per heavy atom. The van der Waals surface area contributed by atoms with Gasteiger partial charge in [0.1, 0.15) is 19.0 Å². The van der Waals surface area contributed by atoms with E-state index in [1.165, 1.54) is 0 Å². The van der Waals surface area contributed by atoms with Crippen molar-refractivity contribution in [2.75, 3.05) is 32.6 Å². The molecule has 7 nitrogen and oxygen atoms in total. The zero-order valence-corrected chi connectivity index (χ0v) is 12.5. The van der Waals surface area contributed by atoms with Crippen LogP contribution in [0.15, 0.2) is 11.5 Å². The van der Waals surface area contributed by atoms with E-state index in [1.54, 1.807) is 11.8 Å². The van der Waals surface area contributed by atoms with Gasteiger partial charge in [-0.1, -0.05) is 0 Å². The summed E-state index contributed by atoms with van der Waals surface area (Å²) in [7, 11) is -3.20. The third kappa shape index (κ3) is 3.86. The molecule has 0 aliphatic carbocycles. The third-order valence-electron chi connectivity index (χ3n) is 3.33. The fourth-order valence-electron chi connectivity index (χ4n) is 2.36. The van der Waals surface area contributed by atoms with Crippen molar-refractivity contribution < 1.29 is 22.7 Å². The van der Waals surface area contributed by atoms with Crippen LogP contribution in [0.1, 0.15) is 19.8 Å². The predicted molar refractivity (Wildman–Crippen MR) is 72.2 cm³/mol. The van der Waals surface area contributed by atoms with Crippen molar-refractivity contribution in [3.05, 3.63) is 11.5 Å². The fourth-order valence-corrected chi connectivity index (χ4v) is 3.21. The largest absolute Gasteiger partial charge is 0.491 e. The number of likely N-dealkylation sites (tertiary alicyclic amines) is 1. The van der Waals surface area contributed by atoms with E-state index < -0.39 is 10.0 Å². The van der Waals surface area contributed by atoms with Crippen molar-refractivity contribution in [2.45, 2.75) is 25.8 Å². The second-order valence-corrected chi connectivity index (χ2v) is 6.82. The summed E-state index contributed by atoms with van der Waals surface area (Å²) >= 11 is 0.